The first kappa shape index (κ1) is 20.6. The van der Waals surface area contributed by atoms with Gasteiger partial charge in [0.1, 0.15) is 5.75 Å². The number of hydrogen-bond donors (Lipinski definition) is 1. The zero-order chi connectivity index (χ0) is 20.9. The molecule has 0 spiro atoms. The fraction of sp³-hybridized carbons (Fsp3) is 0.391. The van der Waals surface area contributed by atoms with Gasteiger partial charge in [0.2, 0.25) is 11.8 Å². The molecule has 7 heteroatoms. The number of para-hydroxylation sites is 1. The Labute approximate surface area is 181 Å². The molecule has 2 heterocycles. The molecule has 0 aromatic heterocycles. The summed E-state index contributed by atoms with van der Waals surface area (Å²) in [5.74, 6) is 1.29. The summed E-state index contributed by atoms with van der Waals surface area (Å²) in [6.45, 7) is 2.98. The summed E-state index contributed by atoms with van der Waals surface area (Å²) in [5, 5.41) is 2.81. The largest absolute Gasteiger partial charge is 0.497 e. The number of aryl methyl sites for hydroxylation is 1. The van der Waals surface area contributed by atoms with Crippen molar-refractivity contribution in [2.45, 2.75) is 18.1 Å². The Bertz CT molecular complexity index is 912. The van der Waals surface area contributed by atoms with Crippen molar-refractivity contribution in [1.29, 1.82) is 0 Å². The van der Waals surface area contributed by atoms with Crippen molar-refractivity contribution in [2.75, 3.05) is 49.3 Å². The number of ether oxygens (including phenoxy) is 1. The second-order valence-electron chi connectivity index (χ2n) is 7.55. The van der Waals surface area contributed by atoms with Crippen LogP contribution < -0.4 is 15.0 Å². The van der Waals surface area contributed by atoms with Crippen molar-refractivity contribution in [1.82, 2.24) is 4.90 Å². The number of carbonyl (C=O) groups is 2. The Hall–Kier alpha value is -2.67. The fourth-order valence-corrected chi connectivity index (χ4v) is 4.96. The number of amides is 2. The third kappa shape index (κ3) is 4.73. The molecule has 2 aliphatic rings. The van der Waals surface area contributed by atoms with Crippen LogP contribution in [-0.4, -0.2) is 61.0 Å². The molecule has 4 rings (SSSR count). The molecule has 1 atom stereocenters. The van der Waals surface area contributed by atoms with Crippen molar-refractivity contribution < 1.29 is 14.3 Å². The van der Waals surface area contributed by atoms with Crippen molar-refractivity contribution in [3.8, 4) is 5.75 Å². The maximum atomic E-state index is 12.7. The summed E-state index contributed by atoms with van der Waals surface area (Å²) in [7, 11) is 1.67. The Morgan fingerprint density at radius 1 is 1.13 bits per heavy atom. The number of hydrogen-bond acceptors (Lipinski definition) is 5. The summed E-state index contributed by atoms with van der Waals surface area (Å²) in [6.07, 6.45) is 1.60. The minimum atomic E-state index is -0.195. The smallest absolute Gasteiger partial charge is 0.237 e. The predicted molar refractivity (Wildman–Crippen MR) is 121 cm³/mol. The van der Waals surface area contributed by atoms with Gasteiger partial charge in [0.05, 0.1) is 18.1 Å². The van der Waals surface area contributed by atoms with Crippen LogP contribution in [0.25, 0.3) is 0 Å². The lowest BCUT2D eigenvalue weighted by molar-refractivity contribution is -0.128. The van der Waals surface area contributed by atoms with Crippen LogP contribution in [0, 0.1) is 0 Å². The Balaban J connectivity index is 1.27. The Kier molecular flexibility index (Phi) is 6.47. The first-order valence-corrected chi connectivity index (χ1v) is 11.4. The second-order valence-corrected chi connectivity index (χ2v) is 8.75. The molecule has 1 saturated heterocycles. The molecule has 6 nitrogen and oxygen atoms in total. The highest BCUT2D eigenvalue weighted by atomic mass is 32.2. The molecule has 30 heavy (non-hydrogen) atoms. The van der Waals surface area contributed by atoms with Crippen molar-refractivity contribution in [3.63, 3.8) is 0 Å². The minimum absolute atomic E-state index is 0.000550. The lowest BCUT2D eigenvalue weighted by Crippen LogP contribution is -2.49. The van der Waals surface area contributed by atoms with Gasteiger partial charge in [-0.25, -0.2) is 0 Å². The van der Waals surface area contributed by atoms with Gasteiger partial charge in [-0.05, 0) is 36.6 Å². The molecule has 0 saturated carbocycles. The molecule has 1 unspecified atom stereocenters. The molecular formula is C23H27N3O3S. The summed E-state index contributed by atoms with van der Waals surface area (Å²) in [5.41, 5.74) is 3.17. The first-order chi connectivity index (χ1) is 14.6. The maximum Gasteiger partial charge on any atom is 0.237 e. The van der Waals surface area contributed by atoms with E-state index in [-0.39, 0.29) is 17.1 Å². The van der Waals surface area contributed by atoms with E-state index >= 15 is 0 Å². The van der Waals surface area contributed by atoms with Crippen LogP contribution in [-0.2, 0) is 16.0 Å². The lowest BCUT2D eigenvalue weighted by atomic mass is 10.1. The highest BCUT2D eigenvalue weighted by Gasteiger charge is 2.27. The number of rotatable bonds is 5. The van der Waals surface area contributed by atoms with E-state index in [0.717, 1.165) is 48.6 Å². The van der Waals surface area contributed by atoms with Crippen LogP contribution in [0.4, 0.5) is 11.4 Å². The van der Waals surface area contributed by atoms with E-state index in [4.69, 9.17) is 4.74 Å². The topological polar surface area (TPSA) is 61.9 Å². The molecule has 2 amide bonds. The third-order valence-corrected chi connectivity index (χ3v) is 6.97. The van der Waals surface area contributed by atoms with Gasteiger partial charge in [0, 0.05) is 43.6 Å². The molecule has 0 radical (unpaired) electrons. The van der Waals surface area contributed by atoms with Gasteiger partial charge in [0.15, 0.2) is 0 Å². The second kappa shape index (κ2) is 9.43. The van der Waals surface area contributed by atoms with Crippen LogP contribution >= 0.6 is 11.8 Å². The lowest BCUT2D eigenvalue weighted by Gasteiger charge is -2.36. The molecule has 2 aromatic rings. The highest BCUT2D eigenvalue weighted by Crippen LogP contribution is 2.27. The average molecular weight is 426 g/mol. The van der Waals surface area contributed by atoms with Gasteiger partial charge in [-0.3, -0.25) is 9.59 Å². The van der Waals surface area contributed by atoms with Crippen molar-refractivity contribution in [2.24, 2.45) is 0 Å². The highest BCUT2D eigenvalue weighted by molar-refractivity contribution is 8.01. The van der Waals surface area contributed by atoms with Gasteiger partial charge in [-0.1, -0.05) is 24.3 Å². The number of benzene rings is 2. The molecule has 2 aromatic carbocycles. The Morgan fingerprint density at radius 2 is 1.93 bits per heavy atom. The van der Waals surface area contributed by atoms with E-state index in [1.165, 1.54) is 11.8 Å². The number of fused-ring (bicyclic) bond motifs is 1. The average Bonchev–Trinajstić information content (AvgIpc) is 2.95. The van der Waals surface area contributed by atoms with Gasteiger partial charge in [-0.2, -0.15) is 0 Å². The molecule has 0 bridgehead atoms. The molecule has 1 N–H and O–H groups in total. The quantitative estimate of drug-likeness (QED) is 0.798. The third-order valence-electron chi connectivity index (χ3n) is 5.70. The zero-order valence-corrected chi connectivity index (χ0v) is 18.0. The number of piperazine rings is 1. The van der Waals surface area contributed by atoms with Crippen LogP contribution in [0.1, 0.15) is 12.0 Å². The molecular weight excluding hydrogens is 398 g/mol. The molecule has 158 valence electrons. The summed E-state index contributed by atoms with van der Waals surface area (Å²) >= 11 is 1.46. The number of thioether (sulfide) groups is 1. The van der Waals surface area contributed by atoms with E-state index < -0.39 is 0 Å². The zero-order valence-electron chi connectivity index (χ0n) is 17.2. The van der Waals surface area contributed by atoms with Crippen LogP contribution in [0.2, 0.25) is 0 Å². The molecule has 0 aliphatic carbocycles. The molecule has 1 fully saturated rings. The number of carbonyl (C=O) groups excluding carboxylic acids is 2. The van der Waals surface area contributed by atoms with E-state index in [1.807, 2.05) is 41.3 Å². The SMILES string of the molecule is COc1cccc(N2CCN(C(=O)CSC3CCc4ccccc4NC3=O)CC2)c1. The number of nitrogens with zero attached hydrogens (tertiary/aromatic N) is 2. The van der Waals surface area contributed by atoms with Gasteiger partial charge < -0.3 is 19.9 Å². The van der Waals surface area contributed by atoms with Crippen molar-refractivity contribution in [3.05, 3.63) is 54.1 Å². The number of nitrogens with one attached hydrogen (secondary N) is 1. The summed E-state index contributed by atoms with van der Waals surface area (Å²) in [4.78, 5) is 29.5. The monoisotopic (exact) mass is 425 g/mol. The molecule has 2 aliphatic heterocycles. The Morgan fingerprint density at radius 3 is 2.73 bits per heavy atom. The van der Waals surface area contributed by atoms with Crippen LogP contribution in [0.15, 0.2) is 48.5 Å². The number of anilines is 2. The van der Waals surface area contributed by atoms with Gasteiger partial charge in [0.25, 0.3) is 0 Å². The van der Waals surface area contributed by atoms with Gasteiger partial charge in [-0.15, -0.1) is 11.8 Å². The predicted octanol–water partition coefficient (Wildman–Crippen LogP) is 3.03. The summed E-state index contributed by atoms with van der Waals surface area (Å²) < 4.78 is 5.31. The van der Waals surface area contributed by atoms with Gasteiger partial charge >= 0.3 is 0 Å². The standard InChI is InChI=1S/C23H27N3O3S/c1-29-19-7-4-6-18(15-19)25-11-13-26(14-12-25)22(27)16-30-21-10-9-17-5-2-3-8-20(17)24-23(21)28/h2-8,15,21H,9-14,16H2,1H3,(H,24,28). The maximum absolute atomic E-state index is 12.7. The van der Waals surface area contributed by atoms with Crippen LogP contribution in [0.3, 0.4) is 0 Å². The van der Waals surface area contributed by atoms with E-state index in [9.17, 15) is 9.59 Å². The first-order valence-electron chi connectivity index (χ1n) is 10.3. The van der Waals surface area contributed by atoms with Crippen molar-refractivity contribution >= 4 is 35.0 Å². The van der Waals surface area contributed by atoms with Crippen LogP contribution in [0.5, 0.6) is 5.75 Å². The number of methoxy groups -OCH3 is 1. The normalized spacial score (nSPS) is 19.0. The fourth-order valence-electron chi connectivity index (χ4n) is 3.93. The van der Waals surface area contributed by atoms with E-state index in [0.29, 0.717) is 18.8 Å². The van der Waals surface area contributed by atoms with E-state index in [2.05, 4.69) is 22.3 Å². The minimum Gasteiger partial charge on any atom is -0.497 e. The van der Waals surface area contributed by atoms with E-state index in [1.54, 1.807) is 7.11 Å². The summed E-state index contributed by atoms with van der Waals surface area (Å²) in [6, 6.07) is 15.9.